The van der Waals surface area contributed by atoms with Gasteiger partial charge in [0.2, 0.25) is 5.88 Å². The molecule has 1 aromatic heterocycles. The van der Waals surface area contributed by atoms with E-state index in [0.717, 1.165) is 12.8 Å². The van der Waals surface area contributed by atoms with Gasteiger partial charge in [-0.25, -0.2) is 9.97 Å². The van der Waals surface area contributed by atoms with Gasteiger partial charge in [0.1, 0.15) is 18.3 Å². The lowest BCUT2D eigenvalue weighted by atomic mass is 9.89. The van der Waals surface area contributed by atoms with Crippen molar-refractivity contribution in [3.8, 4) is 5.88 Å². The molecule has 1 aliphatic carbocycles. The molecular formula is C12H18N4O. The van der Waals surface area contributed by atoms with E-state index in [4.69, 9.17) is 15.9 Å². The highest BCUT2D eigenvalue weighted by molar-refractivity contribution is 5.96. The zero-order valence-electron chi connectivity index (χ0n) is 10.0. The van der Waals surface area contributed by atoms with Crippen LogP contribution in [0.25, 0.3) is 0 Å². The summed E-state index contributed by atoms with van der Waals surface area (Å²) in [4.78, 5) is 7.93. The number of ether oxygens (including phenoxy) is 1. The Morgan fingerprint density at radius 1 is 1.53 bits per heavy atom. The van der Waals surface area contributed by atoms with E-state index in [2.05, 4.69) is 16.9 Å². The SMILES string of the molecule is CC1CCCC(Oc2ncncc2C(=N)N)C1. The van der Waals surface area contributed by atoms with Crippen LogP contribution < -0.4 is 10.5 Å². The second kappa shape index (κ2) is 5.12. The molecule has 1 aliphatic rings. The first-order valence-corrected chi connectivity index (χ1v) is 5.98. The molecule has 2 rings (SSSR count). The van der Waals surface area contributed by atoms with E-state index < -0.39 is 0 Å². The summed E-state index contributed by atoms with van der Waals surface area (Å²) in [6.07, 6.45) is 7.68. The number of rotatable bonds is 3. The fraction of sp³-hybridized carbons (Fsp3) is 0.583. The van der Waals surface area contributed by atoms with E-state index in [1.807, 2.05) is 0 Å². The number of hydrogen-bond donors (Lipinski definition) is 2. The molecular weight excluding hydrogens is 216 g/mol. The van der Waals surface area contributed by atoms with Gasteiger partial charge in [-0.1, -0.05) is 13.3 Å². The minimum Gasteiger partial charge on any atom is -0.474 e. The van der Waals surface area contributed by atoms with Crippen LogP contribution in [-0.4, -0.2) is 21.9 Å². The van der Waals surface area contributed by atoms with Gasteiger partial charge in [0.25, 0.3) is 0 Å². The maximum absolute atomic E-state index is 7.45. The molecule has 1 aromatic rings. The first kappa shape index (κ1) is 11.8. The summed E-state index contributed by atoms with van der Waals surface area (Å²) in [5.41, 5.74) is 5.95. The van der Waals surface area contributed by atoms with Crippen molar-refractivity contribution in [3.05, 3.63) is 18.1 Å². The van der Waals surface area contributed by atoms with E-state index in [-0.39, 0.29) is 11.9 Å². The molecule has 0 amide bonds. The first-order valence-electron chi connectivity index (χ1n) is 5.98. The number of nitrogens with two attached hydrogens (primary N) is 1. The van der Waals surface area contributed by atoms with Crippen LogP contribution in [0.1, 0.15) is 38.2 Å². The Kier molecular flexibility index (Phi) is 3.56. The fourth-order valence-electron chi connectivity index (χ4n) is 2.24. The molecule has 0 radical (unpaired) electrons. The average molecular weight is 234 g/mol. The summed E-state index contributed by atoms with van der Waals surface area (Å²) in [5, 5.41) is 7.45. The number of nitrogen functional groups attached to an aromatic ring is 1. The highest BCUT2D eigenvalue weighted by Crippen LogP contribution is 2.27. The molecule has 1 fully saturated rings. The Labute approximate surface area is 101 Å². The summed E-state index contributed by atoms with van der Waals surface area (Å²) in [7, 11) is 0. The molecule has 17 heavy (non-hydrogen) atoms. The molecule has 0 saturated heterocycles. The molecule has 5 nitrogen and oxygen atoms in total. The lowest BCUT2D eigenvalue weighted by molar-refractivity contribution is 0.123. The van der Waals surface area contributed by atoms with Crippen LogP contribution in [0, 0.1) is 11.3 Å². The summed E-state index contributed by atoms with van der Waals surface area (Å²) < 4.78 is 5.85. The Morgan fingerprint density at radius 3 is 3.06 bits per heavy atom. The Hall–Kier alpha value is -1.65. The molecule has 0 bridgehead atoms. The molecule has 2 unspecified atom stereocenters. The van der Waals surface area contributed by atoms with Crippen LogP contribution in [0.4, 0.5) is 0 Å². The second-order valence-electron chi connectivity index (χ2n) is 4.67. The van der Waals surface area contributed by atoms with E-state index >= 15 is 0 Å². The number of nitrogens with zero attached hydrogens (tertiary/aromatic N) is 2. The van der Waals surface area contributed by atoms with Crippen LogP contribution in [0.5, 0.6) is 5.88 Å². The van der Waals surface area contributed by atoms with E-state index in [1.54, 1.807) is 0 Å². The van der Waals surface area contributed by atoms with Crippen LogP contribution >= 0.6 is 0 Å². The van der Waals surface area contributed by atoms with Crippen molar-refractivity contribution in [2.45, 2.75) is 38.7 Å². The third-order valence-corrected chi connectivity index (χ3v) is 3.13. The van der Waals surface area contributed by atoms with E-state index in [9.17, 15) is 0 Å². The summed E-state index contributed by atoms with van der Waals surface area (Å²) in [5.74, 6) is 1.08. The van der Waals surface area contributed by atoms with Crippen molar-refractivity contribution in [2.24, 2.45) is 11.7 Å². The maximum atomic E-state index is 7.45. The van der Waals surface area contributed by atoms with Gasteiger partial charge in [-0.2, -0.15) is 0 Å². The molecule has 0 aliphatic heterocycles. The smallest absolute Gasteiger partial charge is 0.227 e. The summed E-state index contributed by atoms with van der Waals surface area (Å²) >= 11 is 0. The van der Waals surface area contributed by atoms with Crippen LogP contribution in [-0.2, 0) is 0 Å². The lowest BCUT2D eigenvalue weighted by Crippen LogP contribution is -2.26. The van der Waals surface area contributed by atoms with E-state index in [0.29, 0.717) is 17.4 Å². The topological polar surface area (TPSA) is 84.9 Å². The molecule has 1 heterocycles. The van der Waals surface area contributed by atoms with Crippen LogP contribution in [0.2, 0.25) is 0 Å². The van der Waals surface area contributed by atoms with Crippen molar-refractivity contribution in [3.63, 3.8) is 0 Å². The van der Waals surface area contributed by atoms with Crippen LogP contribution in [0.3, 0.4) is 0 Å². The zero-order valence-corrected chi connectivity index (χ0v) is 10.0. The maximum Gasteiger partial charge on any atom is 0.227 e. The number of amidine groups is 1. The van der Waals surface area contributed by atoms with Gasteiger partial charge < -0.3 is 10.5 Å². The standard InChI is InChI=1S/C12H18N4O/c1-8-3-2-4-9(5-8)17-12-10(11(13)14)6-15-7-16-12/h6-9H,2-5H2,1H3,(H3,13,14). The summed E-state index contributed by atoms with van der Waals surface area (Å²) in [6, 6.07) is 0. The summed E-state index contributed by atoms with van der Waals surface area (Å²) in [6.45, 7) is 2.24. The largest absolute Gasteiger partial charge is 0.474 e. The Bertz CT molecular complexity index is 407. The molecule has 0 spiro atoms. The van der Waals surface area contributed by atoms with Crippen molar-refractivity contribution in [1.82, 2.24) is 9.97 Å². The minimum absolute atomic E-state index is 0.0514. The van der Waals surface area contributed by atoms with Crippen molar-refractivity contribution < 1.29 is 4.74 Å². The fourth-order valence-corrected chi connectivity index (χ4v) is 2.24. The Balaban J connectivity index is 2.10. The molecule has 0 aromatic carbocycles. The van der Waals surface area contributed by atoms with Gasteiger partial charge in [-0.3, -0.25) is 5.41 Å². The van der Waals surface area contributed by atoms with Gasteiger partial charge in [0, 0.05) is 6.20 Å². The van der Waals surface area contributed by atoms with Gasteiger partial charge in [-0.15, -0.1) is 0 Å². The zero-order chi connectivity index (χ0) is 12.3. The molecule has 5 heteroatoms. The third-order valence-electron chi connectivity index (χ3n) is 3.13. The van der Waals surface area contributed by atoms with Crippen LogP contribution in [0.15, 0.2) is 12.5 Å². The van der Waals surface area contributed by atoms with Crippen molar-refractivity contribution >= 4 is 5.84 Å². The highest BCUT2D eigenvalue weighted by Gasteiger charge is 2.22. The van der Waals surface area contributed by atoms with Gasteiger partial charge in [-0.05, 0) is 25.2 Å². The van der Waals surface area contributed by atoms with Crippen molar-refractivity contribution in [2.75, 3.05) is 0 Å². The predicted octanol–water partition coefficient (Wildman–Crippen LogP) is 1.72. The quantitative estimate of drug-likeness (QED) is 0.616. The Morgan fingerprint density at radius 2 is 2.35 bits per heavy atom. The second-order valence-corrected chi connectivity index (χ2v) is 4.67. The first-order chi connectivity index (χ1) is 8.16. The molecule has 92 valence electrons. The van der Waals surface area contributed by atoms with Crippen molar-refractivity contribution in [1.29, 1.82) is 5.41 Å². The predicted molar refractivity (Wildman–Crippen MR) is 65.1 cm³/mol. The average Bonchev–Trinajstić information content (AvgIpc) is 2.29. The van der Waals surface area contributed by atoms with Gasteiger partial charge in [0.05, 0.1) is 5.56 Å². The third kappa shape index (κ3) is 2.93. The minimum atomic E-state index is -0.0514. The van der Waals surface area contributed by atoms with Gasteiger partial charge >= 0.3 is 0 Å². The molecule has 3 N–H and O–H groups in total. The highest BCUT2D eigenvalue weighted by atomic mass is 16.5. The molecule has 2 atom stereocenters. The van der Waals surface area contributed by atoms with Gasteiger partial charge in [0.15, 0.2) is 0 Å². The van der Waals surface area contributed by atoms with E-state index in [1.165, 1.54) is 25.4 Å². The monoisotopic (exact) mass is 234 g/mol. The normalized spacial score (nSPS) is 24.3. The number of aromatic nitrogens is 2. The lowest BCUT2D eigenvalue weighted by Gasteiger charge is -2.27. The molecule has 1 saturated carbocycles. The number of hydrogen-bond acceptors (Lipinski definition) is 4. The number of nitrogens with one attached hydrogen (secondary N) is 1.